The second kappa shape index (κ2) is 8.67. The maximum atomic E-state index is 13.2. The number of carbonyl (C=O) groups is 3. The van der Waals surface area contributed by atoms with E-state index in [9.17, 15) is 27.2 Å². The van der Waals surface area contributed by atoms with Crippen molar-refractivity contribution in [1.82, 2.24) is 14.9 Å². The molecule has 3 rings (SSSR count). The lowest BCUT2D eigenvalue weighted by Crippen LogP contribution is -2.42. The fraction of sp³-hybridized carbons (Fsp3) is 0.286. The fourth-order valence-corrected chi connectivity index (χ4v) is 4.51. The number of halogens is 1. The molecule has 1 aliphatic heterocycles. The zero-order chi connectivity index (χ0) is 23.7. The summed E-state index contributed by atoms with van der Waals surface area (Å²) in [6.07, 6.45) is 0. The van der Waals surface area contributed by atoms with Crippen molar-refractivity contribution < 1.29 is 27.2 Å². The van der Waals surface area contributed by atoms with Gasteiger partial charge in [-0.3, -0.25) is 14.5 Å². The summed E-state index contributed by atoms with van der Waals surface area (Å²) < 4.78 is 40.0. The van der Waals surface area contributed by atoms with Gasteiger partial charge in [0.25, 0.3) is 5.91 Å². The molecule has 2 aromatic rings. The monoisotopic (exact) mass is 462 g/mol. The highest BCUT2D eigenvalue weighted by molar-refractivity contribution is 7.89. The summed E-state index contributed by atoms with van der Waals surface area (Å²) in [7, 11) is -3.67. The predicted octanol–water partition coefficient (Wildman–Crippen LogP) is 1.92. The van der Waals surface area contributed by atoms with Crippen molar-refractivity contribution in [2.45, 2.75) is 37.2 Å². The van der Waals surface area contributed by atoms with E-state index in [0.29, 0.717) is 11.3 Å². The third kappa shape index (κ3) is 4.78. The standard InChI is InChI=1S/C21H23FN4O5S/c1-13(2)25-32(30,31)17-10-8-16(9-11-17)23-18(27)12-26-19(28)21(3,24-20(26)29)14-4-6-15(22)7-5-14/h4-11,13,25H,12H2,1-3H3,(H,23,27)(H,24,29). The van der Waals surface area contributed by atoms with Gasteiger partial charge in [0.05, 0.1) is 4.90 Å². The van der Waals surface area contributed by atoms with Crippen LogP contribution in [0.3, 0.4) is 0 Å². The van der Waals surface area contributed by atoms with Crippen molar-refractivity contribution in [1.29, 1.82) is 0 Å². The molecule has 3 N–H and O–H groups in total. The number of sulfonamides is 1. The van der Waals surface area contributed by atoms with Crippen LogP contribution in [-0.2, 0) is 25.2 Å². The summed E-state index contributed by atoms with van der Waals surface area (Å²) in [6, 6.07) is 9.58. The van der Waals surface area contributed by atoms with E-state index in [-0.39, 0.29) is 10.9 Å². The van der Waals surface area contributed by atoms with Crippen LogP contribution in [0.2, 0.25) is 0 Å². The van der Waals surface area contributed by atoms with E-state index < -0.39 is 45.8 Å². The molecule has 1 saturated heterocycles. The minimum absolute atomic E-state index is 0.0355. The van der Waals surface area contributed by atoms with Crippen LogP contribution in [0.15, 0.2) is 53.4 Å². The van der Waals surface area contributed by atoms with E-state index in [4.69, 9.17) is 0 Å². The molecule has 0 radical (unpaired) electrons. The van der Waals surface area contributed by atoms with Crippen molar-refractivity contribution in [3.63, 3.8) is 0 Å². The van der Waals surface area contributed by atoms with Crippen molar-refractivity contribution in [2.75, 3.05) is 11.9 Å². The second-order valence-corrected chi connectivity index (χ2v) is 9.52. The van der Waals surface area contributed by atoms with E-state index in [0.717, 1.165) is 4.90 Å². The lowest BCUT2D eigenvalue weighted by atomic mass is 9.92. The Bertz CT molecular complexity index is 1150. The van der Waals surface area contributed by atoms with Crippen molar-refractivity contribution in [2.24, 2.45) is 0 Å². The van der Waals surface area contributed by atoms with Gasteiger partial charge in [-0.25, -0.2) is 22.3 Å². The maximum absolute atomic E-state index is 13.2. The van der Waals surface area contributed by atoms with Crippen LogP contribution in [0.25, 0.3) is 0 Å². The second-order valence-electron chi connectivity index (χ2n) is 7.80. The number of imide groups is 1. The van der Waals surface area contributed by atoms with E-state index in [1.165, 1.54) is 55.5 Å². The summed E-state index contributed by atoms with van der Waals surface area (Å²) >= 11 is 0. The largest absolute Gasteiger partial charge is 0.325 e. The van der Waals surface area contributed by atoms with Crippen LogP contribution in [-0.4, -0.2) is 43.7 Å². The molecule has 0 bridgehead atoms. The fourth-order valence-electron chi connectivity index (χ4n) is 3.26. The Hall–Kier alpha value is -3.31. The first-order valence-electron chi connectivity index (χ1n) is 9.75. The van der Waals surface area contributed by atoms with Gasteiger partial charge in [0.1, 0.15) is 17.9 Å². The minimum Gasteiger partial charge on any atom is -0.325 e. The Morgan fingerprint density at radius 2 is 1.69 bits per heavy atom. The number of urea groups is 1. The van der Waals surface area contributed by atoms with Crippen molar-refractivity contribution in [3.8, 4) is 0 Å². The number of anilines is 1. The van der Waals surface area contributed by atoms with E-state index >= 15 is 0 Å². The summed E-state index contributed by atoms with van der Waals surface area (Å²) in [5.41, 5.74) is -0.747. The molecular formula is C21H23FN4O5S. The van der Waals surface area contributed by atoms with Crippen molar-refractivity contribution >= 4 is 33.6 Å². The Kier molecular flexibility index (Phi) is 6.33. The molecule has 2 aromatic carbocycles. The summed E-state index contributed by atoms with van der Waals surface area (Å²) in [5.74, 6) is -1.78. The van der Waals surface area contributed by atoms with Gasteiger partial charge in [-0.1, -0.05) is 12.1 Å². The summed E-state index contributed by atoms with van der Waals surface area (Å²) in [5, 5.41) is 5.06. The van der Waals surface area contributed by atoms with Gasteiger partial charge in [0.2, 0.25) is 15.9 Å². The molecule has 0 aliphatic carbocycles. The van der Waals surface area contributed by atoms with Gasteiger partial charge >= 0.3 is 6.03 Å². The minimum atomic E-state index is -3.67. The number of nitrogens with one attached hydrogen (secondary N) is 3. The summed E-state index contributed by atoms with van der Waals surface area (Å²) in [6.45, 7) is 4.32. The van der Waals surface area contributed by atoms with Gasteiger partial charge < -0.3 is 10.6 Å². The molecule has 1 atom stereocenters. The molecule has 170 valence electrons. The van der Waals surface area contributed by atoms with E-state index in [1.807, 2.05) is 0 Å². The number of hydrogen-bond acceptors (Lipinski definition) is 5. The smallest absolute Gasteiger partial charge is 0.325 e. The van der Waals surface area contributed by atoms with Crippen LogP contribution >= 0.6 is 0 Å². The molecule has 4 amide bonds. The van der Waals surface area contributed by atoms with Gasteiger partial charge in [-0.15, -0.1) is 0 Å². The van der Waals surface area contributed by atoms with E-state index in [1.54, 1.807) is 13.8 Å². The third-order valence-corrected chi connectivity index (χ3v) is 6.51. The van der Waals surface area contributed by atoms with Gasteiger partial charge in [0.15, 0.2) is 0 Å². The van der Waals surface area contributed by atoms with Crippen LogP contribution in [0, 0.1) is 5.82 Å². The quantitative estimate of drug-likeness (QED) is 0.542. The maximum Gasteiger partial charge on any atom is 0.325 e. The van der Waals surface area contributed by atoms with Crippen LogP contribution in [0.4, 0.5) is 14.9 Å². The molecule has 1 fully saturated rings. The number of nitrogens with zero attached hydrogens (tertiary/aromatic N) is 1. The molecule has 0 saturated carbocycles. The first-order valence-corrected chi connectivity index (χ1v) is 11.2. The van der Waals surface area contributed by atoms with Gasteiger partial charge in [-0.2, -0.15) is 0 Å². The molecule has 11 heteroatoms. The molecule has 1 unspecified atom stereocenters. The molecule has 0 spiro atoms. The zero-order valence-electron chi connectivity index (χ0n) is 17.7. The number of hydrogen-bond donors (Lipinski definition) is 3. The van der Waals surface area contributed by atoms with Crippen LogP contribution in [0.1, 0.15) is 26.3 Å². The highest BCUT2D eigenvalue weighted by atomic mass is 32.2. The molecule has 0 aromatic heterocycles. The predicted molar refractivity (Wildman–Crippen MR) is 115 cm³/mol. The van der Waals surface area contributed by atoms with Gasteiger partial charge in [-0.05, 0) is 62.7 Å². The van der Waals surface area contributed by atoms with Crippen molar-refractivity contribution in [3.05, 3.63) is 59.9 Å². The van der Waals surface area contributed by atoms with Crippen LogP contribution < -0.4 is 15.4 Å². The Labute approximate surface area is 185 Å². The molecule has 1 heterocycles. The Balaban J connectivity index is 1.68. The molecule has 32 heavy (non-hydrogen) atoms. The summed E-state index contributed by atoms with van der Waals surface area (Å²) in [4.78, 5) is 38.4. The molecule has 1 aliphatic rings. The Morgan fingerprint density at radius 3 is 2.25 bits per heavy atom. The lowest BCUT2D eigenvalue weighted by Gasteiger charge is -2.22. The van der Waals surface area contributed by atoms with E-state index in [2.05, 4.69) is 15.4 Å². The average molecular weight is 463 g/mol. The highest BCUT2D eigenvalue weighted by Crippen LogP contribution is 2.29. The first-order chi connectivity index (χ1) is 14.9. The Morgan fingerprint density at radius 1 is 1.09 bits per heavy atom. The zero-order valence-corrected chi connectivity index (χ0v) is 18.5. The average Bonchev–Trinajstić information content (AvgIpc) is 2.92. The first kappa shape index (κ1) is 23.4. The number of rotatable bonds is 7. The lowest BCUT2D eigenvalue weighted by molar-refractivity contribution is -0.133. The highest BCUT2D eigenvalue weighted by Gasteiger charge is 2.49. The number of benzene rings is 2. The normalized spacial score (nSPS) is 18.7. The van der Waals surface area contributed by atoms with Gasteiger partial charge in [0, 0.05) is 11.7 Å². The molecule has 9 nitrogen and oxygen atoms in total. The third-order valence-electron chi connectivity index (χ3n) is 4.84. The molecular weight excluding hydrogens is 439 g/mol. The topological polar surface area (TPSA) is 125 Å². The number of carbonyl (C=O) groups excluding carboxylic acids is 3. The number of amides is 4. The SMILES string of the molecule is CC(C)NS(=O)(=O)c1ccc(NC(=O)CN2C(=O)NC(C)(c3ccc(F)cc3)C2=O)cc1. The van der Waals surface area contributed by atoms with Crippen LogP contribution in [0.5, 0.6) is 0 Å².